The van der Waals surface area contributed by atoms with E-state index in [1.54, 1.807) is 0 Å². The molecule has 0 saturated heterocycles. The zero-order valence-corrected chi connectivity index (χ0v) is 13.7. The Bertz CT molecular complexity index is 368. The van der Waals surface area contributed by atoms with E-state index in [1.807, 2.05) is 18.2 Å². The van der Waals surface area contributed by atoms with E-state index in [-0.39, 0.29) is 6.10 Å². The number of hydrogen-bond donors (Lipinski definition) is 1. The van der Waals surface area contributed by atoms with Crippen LogP contribution in [0.5, 0.6) is 0 Å². The van der Waals surface area contributed by atoms with Crippen LogP contribution in [0.2, 0.25) is 5.02 Å². The highest BCUT2D eigenvalue weighted by Gasteiger charge is 2.15. The molecular weight excluding hydrogens is 270 g/mol. The molecule has 0 amide bonds. The molecule has 20 heavy (non-hydrogen) atoms. The first kappa shape index (κ1) is 17.5. The summed E-state index contributed by atoms with van der Waals surface area (Å²) < 4.78 is 6.06. The Balaban J connectivity index is 2.54. The minimum absolute atomic E-state index is 0.0349. The van der Waals surface area contributed by atoms with Crippen molar-refractivity contribution in [1.82, 2.24) is 5.32 Å². The third-order valence-electron chi connectivity index (χ3n) is 3.28. The lowest BCUT2D eigenvalue weighted by atomic mass is 10.1. The van der Waals surface area contributed by atoms with E-state index in [9.17, 15) is 0 Å². The molecule has 3 heteroatoms. The second kappa shape index (κ2) is 10.2. The third kappa shape index (κ3) is 6.74. The molecule has 0 spiro atoms. The summed E-state index contributed by atoms with van der Waals surface area (Å²) in [6, 6.07) is 8.41. The van der Waals surface area contributed by atoms with Gasteiger partial charge >= 0.3 is 0 Å². The molecule has 1 unspecified atom stereocenters. The largest absolute Gasteiger partial charge is 0.372 e. The van der Waals surface area contributed by atoms with Crippen LogP contribution in [0, 0.1) is 0 Å². The lowest BCUT2D eigenvalue weighted by Gasteiger charge is -2.21. The molecular formula is C17H28ClNO. The van der Waals surface area contributed by atoms with Crippen molar-refractivity contribution in [1.29, 1.82) is 0 Å². The molecule has 0 aliphatic heterocycles. The van der Waals surface area contributed by atoms with Gasteiger partial charge in [-0.1, -0.05) is 69.8 Å². The minimum atomic E-state index is 0.0349. The zero-order chi connectivity index (χ0) is 14.8. The van der Waals surface area contributed by atoms with Gasteiger partial charge in [-0.25, -0.2) is 0 Å². The van der Waals surface area contributed by atoms with Crippen LogP contribution in [0.25, 0.3) is 0 Å². The molecule has 1 aromatic rings. The van der Waals surface area contributed by atoms with Gasteiger partial charge in [-0.3, -0.25) is 0 Å². The molecule has 1 rings (SSSR count). The predicted molar refractivity (Wildman–Crippen MR) is 87.4 cm³/mol. The van der Waals surface area contributed by atoms with Crippen LogP contribution in [-0.2, 0) is 4.74 Å². The number of unbranched alkanes of at least 4 members (excludes halogenated alkanes) is 3. The number of ether oxygens (including phenoxy) is 1. The Kier molecular flexibility index (Phi) is 8.92. The summed E-state index contributed by atoms with van der Waals surface area (Å²) >= 11 is 6.29. The first-order valence-electron chi connectivity index (χ1n) is 7.74. The van der Waals surface area contributed by atoms with Gasteiger partial charge in [-0.05, 0) is 12.5 Å². The van der Waals surface area contributed by atoms with Crippen LogP contribution in [0.15, 0.2) is 24.3 Å². The first-order chi connectivity index (χ1) is 9.65. The second-order valence-corrected chi connectivity index (χ2v) is 5.91. The Hall–Kier alpha value is -0.570. The van der Waals surface area contributed by atoms with Gasteiger partial charge in [0.2, 0.25) is 0 Å². The maximum Gasteiger partial charge on any atom is 0.0963 e. The first-order valence-corrected chi connectivity index (χ1v) is 8.12. The standard InChI is InChI=1S/C17H28ClNO/c1-4-5-6-9-12-20-17(13-19-14(2)3)15-10-7-8-11-16(15)18/h7-8,10-11,14,17,19H,4-6,9,12-13H2,1-3H3. The van der Waals surface area contributed by atoms with Gasteiger partial charge in [0.1, 0.15) is 0 Å². The van der Waals surface area contributed by atoms with Crippen molar-refractivity contribution in [3.63, 3.8) is 0 Å². The molecule has 2 nitrogen and oxygen atoms in total. The van der Waals surface area contributed by atoms with Gasteiger partial charge in [0, 0.05) is 29.8 Å². The topological polar surface area (TPSA) is 21.3 Å². The van der Waals surface area contributed by atoms with Crippen LogP contribution in [0.1, 0.15) is 58.1 Å². The molecule has 0 heterocycles. The van der Waals surface area contributed by atoms with E-state index in [0.717, 1.165) is 30.2 Å². The maximum atomic E-state index is 6.29. The summed E-state index contributed by atoms with van der Waals surface area (Å²) in [5.74, 6) is 0. The molecule has 0 saturated carbocycles. The van der Waals surface area contributed by atoms with Crippen LogP contribution in [0.3, 0.4) is 0 Å². The number of hydrogen-bond acceptors (Lipinski definition) is 2. The van der Waals surface area contributed by atoms with Gasteiger partial charge in [-0.15, -0.1) is 0 Å². The summed E-state index contributed by atoms with van der Waals surface area (Å²) in [6.45, 7) is 8.11. The Morgan fingerprint density at radius 2 is 1.90 bits per heavy atom. The van der Waals surface area contributed by atoms with Crippen molar-refractivity contribution >= 4 is 11.6 Å². The molecule has 0 fully saturated rings. The Labute approximate surface area is 128 Å². The van der Waals surface area contributed by atoms with Gasteiger partial charge < -0.3 is 10.1 Å². The van der Waals surface area contributed by atoms with Crippen molar-refractivity contribution in [3.8, 4) is 0 Å². The summed E-state index contributed by atoms with van der Waals surface area (Å²) in [4.78, 5) is 0. The summed E-state index contributed by atoms with van der Waals surface area (Å²) in [6.07, 6.45) is 4.93. The molecule has 0 aliphatic rings. The molecule has 0 bridgehead atoms. The number of benzene rings is 1. The fourth-order valence-corrected chi connectivity index (χ4v) is 2.35. The quantitative estimate of drug-likeness (QED) is 0.615. The fraction of sp³-hybridized carbons (Fsp3) is 0.647. The van der Waals surface area contributed by atoms with Crippen LogP contribution >= 0.6 is 11.6 Å². The summed E-state index contributed by atoms with van der Waals surface area (Å²) in [5, 5.41) is 4.23. The molecule has 0 aliphatic carbocycles. The molecule has 1 aromatic carbocycles. The van der Waals surface area contributed by atoms with Crippen LogP contribution < -0.4 is 5.32 Å². The van der Waals surface area contributed by atoms with Crippen molar-refractivity contribution < 1.29 is 4.74 Å². The van der Waals surface area contributed by atoms with Gasteiger partial charge in [0.05, 0.1) is 6.10 Å². The van der Waals surface area contributed by atoms with Crippen LogP contribution in [0.4, 0.5) is 0 Å². The SMILES string of the molecule is CCCCCCOC(CNC(C)C)c1ccccc1Cl. The van der Waals surface area contributed by atoms with E-state index in [0.29, 0.717) is 6.04 Å². The third-order valence-corrected chi connectivity index (χ3v) is 3.62. The maximum absolute atomic E-state index is 6.29. The average molecular weight is 298 g/mol. The number of nitrogens with one attached hydrogen (secondary N) is 1. The van der Waals surface area contributed by atoms with E-state index < -0.39 is 0 Å². The van der Waals surface area contributed by atoms with Gasteiger partial charge in [0.15, 0.2) is 0 Å². The van der Waals surface area contributed by atoms with Gasteiger partial charge in [0.25, 0.3) is 0 Å². The zero-order valence-electron chi connectivity index (χ0n) is 13.0. The lowest BCUT2D eigenvalue weighted by molar-refractivity contribution is 0.0487. The number of halogens is 1. The molecule has 0 aromatic heterocycles. The molecule has 114 valence electrons. The fourth-order valence-electron chi connectivity index (χ4n) is 2.09. The van der Waals surface area contributed by atoms with Crippen molar-refractivity contribution in [2.24, 2.45) is 0 Å². The summed E-state index contributed by atoms with van der Waals surface area (Å²) in [5.41, 5.74) is 1.08. The van der Waals surface area contributed by atoms with Crippen molar-refractivity contribution in [3.05, 3.63) is 34.9 Å². The van der Waals surface area contributed by atoms with E-state index in [4.69, 9.17) is 16.3 Å². The van der Waals surface area contributed by atoms with Crippen molar-refractivity contribution in [2.75, 3.05) is 13.2 Å². The smallest absolute Gasteiger partial charge is 0.0963 e. The number of rotatable bonds is 10. The summed E-state index contributed by atoms with van der Waals surface area (Å²) in [7, 11) is 0. The predicted octanol–water partition coefficient (Wildman–Crippen LogP) is 4.98. The normalized spacial score (nSPS) is 12.8. The average Bonchev–Trinajstić information content (AvgIpc) is 2.43. The van der Waals surface area contributed by atoms with E-state index in [2.05, 4.69) is 32.2 Å². The van der Waals surface area contributed by atoms with Crippen molar-refractivity contribution in [2.45, 2.75) is 58.6 Å². The van der Waals surface area contributed by atoms with E-state index >= 15 is 0 Å². The van der Waals surface area contributed by atoms with Gasteiger partial charge in [-0.2, -0.15) is 0 Å². The Morgan fingerprint density at radius 3 is 2.55 bits per heavy atom. The Morgan fingerprint density at radius 1 is 1.15 bits per heavy atom. The van der Waals surface area contributed by atoms with E-state index in [1.165, 1.54) is 19.3 Å². The molecule has 0 radical (unpaired) electrons. The monoisotopic (exact) mass is 297 g/mol. The molecule has 1 atom stereocenters. The lowest BCUT2D eigenvalue weighted by Crippen LogP contribution is -2.29. The highest BCUT2D eigenvalue weighted by Crippen LogP contribution is 2.25. The van der Waals surface area contributed by atoms with Crippen LogP contribution in [-0.4, -0.2) is 19.2 Å². The highest BCUT2D eigenvalue weighted by molar-refractivity contribution is 6.31. The second-order valence-electron chi connectivity index (χ2n) is 5.50. The molecule has 1 N–H and O–H groups in total. The highest BCUT2D eigenvalue weighted by atomic mass is 35.5. The minimum Gasteiger partial charge on any atom is -0.372 e.